The van der Waals surface area contributed by atoms with Crippen LogP contribution < -0.4 is 9.47 Å². The molecule has 4 nitrogen and oxygen atoms in total. The van der Waals surface area contributed by atoms with Crippen LogP contribution in [0.15, 0.2) is 30.5 Å². The Morgan fingerprint density at radius 1 is 1.24 bits per heavy atom. The number of benzene rings is 1. The van der Waals surface area contributed by atoms with E-state index in [2.05, 4.69) is 4.98 Å². The van der Waals surface area contributed by atoms with Gasteiger partial charge in [0.05, 0.1) is 19.0 Å². The molecule has 0 bridgehead atoms. The highest BCUT2D eigenvalue weighted by Crippen LogP contribution is 2.26. The smallest absolute Gasteiger partial charge is 0.161 e. The average molecular weight is 232 g/mol. The highest BCUT2D eigenvalue weighted by atomic mass is 16.5. The van der Waals surface area contributed by atoms with E-state index in [1.54, 1.807) is 7.11 Å². The van der Waals surface area contributed by atoms with Crippen LogP contribution in [0.2, 0.25) is 0 Å². The zero-order valence-corrected chi connectivity index (χ0v) is 10.3. The summed E-state index contributed by atoms with van der Waals surface area (Å²) in [5.74, 6) is 2.46. The average Bonchev–Trinajstić information content (AvgIpc) is 2.68. The molecule has 2 rings (SSSR count). The van der Waals surface area contributed by atoms with E-state index in [-0.39, 0.29) is 0 Å². The van der Waals surface area contributed by atoms with Crippen LogP contribution in [0.5, 0.6) is 11.5 Å². The molecule has 0 spiro atoms. The summed E-state index contributed by atoms with van der Waals surface area (Å²) in [4.78, 5) is 4.22. The summed E-state index contributed by atoms with van der Waals surface area (Å²) < 4.78 is 13.0. The number of nitrogens with zero attached hydrogens (tertiary/aromatic N) is 2. The van der Waals surface area contributed by atoms with Crippen molar-refractivity contribution < 1.29 is 9.47 Å². The number of methoxy groups -OCH3 is 1. The maximum atomic E-state index is 5.72. The van der Waals surface area contributed by atoms with E-state index in [0.717, 1.165) is 23.0 Å². The van der Waals surface area contributed by atoms with Gasteiger partial charge in [-0.25, -0.2) is 4.98 Å². The largest absolute Gasteiger partial charge is 0.493 e. The van der Waals surface area contributed by atoms with Crippen molar-refractivity contribution in [3.05, 3.63) is 42.0 Å². The fourth-order valence-electron chi connectivity index (χ4n) is 1.57. The molecule has 0 aliphatic carbocycles. The predicted molar refractivity (Wildman–Crippen MR) is 65.3 cm³/mol. The van der Waals surface area contributed by atoms with Crippen LogP contribution in [0.3, 0.4) is 0 Å². The van der Waals surface area contributed by atoms with Gasteiger partial charge in [-0.15, -0.1) is 0 Å². The Bertz CT molecular complexity index is 506. The lowest BCUT2D eigenvalue weighted by molar-refractivity contribution is 0.277. The monoisotopic (exact) mass is 232 g/mol. The lowest BCUT2D eigenvalue weighted by Gasteiger charge is -2.10. The van der Waals surface area contributed by atoms with Crippen LogP contribution >= 0.6 is 0 Å². The summed E-state index contributed by atoms with van der Waals surface area (Å²) in [6.45, 7) is 2.45. The van der Waals surface area contributed by atoms with Crippen LogP contribution in [0, 0.1) is 6.92 Å². The van der Waals surface area contributed by atoms with Gasteiger partial charge >= 0.3 is 0 Å². The first-order chi connectivity index (χ1) is 8.22. The number of rotatable bonds is 4. The van der Waals surface area contributed by atoms with Crippen molar-refractivity contribution in [2.75, 3.05) is 7.11 Å². The van der Waals surface area contributed by atoms with Gasteiger partial charge in [0, 0.05) is 7.05 Å². The summed E-state index contributed by atoms with van der Waals surface area (Å²) in [7, 11) is 3.61. The number of ether oxygens (including phenoxy) is 2. The molecular weight excluding hydrogens is 216 g/mol. The molecule has 0 N–H and O–H groups in total. The molecule has 0 unspecified atom stereocenters. The second-order valence-corrected chi connectivity index (χ2v) is 3.80. The maximum absolute atomic E-state index is 5.72. The normalized spacial score (nSPS) is 10.3. The summed E-state index contributed by atoms with van der Waals surface area (Å²) >= 11 is 0. The van der Waals surface area contributed by atoms with Gasteiger partial charge in [0.2, 0.25) is 0 Å². The third-order valence-electron chi connectivity index (χ3n) is 2.76. The van der Waals surface area contributed by atoms with E-state index >= 15 is 0 Å². The molecule has 0 saturated carbocycles. The first-order valence-electron chi connectivity index (χ1n) is 5.45. The minimum atomic E-state index is 0.484. The molecule has 0 aliphatic heterocycles. The summed E-state index contributed by atoms with van der Waals surface area (Å²) in [5.41, 5.74) is 1.04. The molecule has 0 fully saturated rings. The minimum Gasteiger partial charge on any atom is -0.493 e. The van der Waals surface area contributed by atoms with E-state index in [4.69, 9.17) is 9.47 Å². The second kappa shape index (κ2) is 4.91. The van der Waals surface area contributed by atoms with Crippen molar-refractivity contribution >= 4 is 0 Å². The summed E-state index contributed by atoms with van der Waals surface area (Å²) in [5, 5.41) is 0. The third-order valence-corrected chi connectivity index (χ3v) is 2.76. The number of para-hydroxylation sites is 2. The van der Waals surface area contributed by atoms with E-state index in [1.807, 2.05) is 49.0 Å². The topological polar surface area (TPSA) is 36.3 Å². The zero-order valence-electron chi connectivity index (χ0n) is 10.3. The molecule has 0 amide bonds. The number of hydrogen-bond donors (Lipinski definition) is 0. The van der Waals surface area contributed by atoms with Gasteiger partial charge in [-0.2, -0.15) is 0 Å². The lowest BCUT2D eigenvalue weighted by Crippen LogP contribution is -2.03. The third kappa shape index (κ3) is 2.41. The molecule has 90 valence electrons. The fourth-order valence-corrected chi connectivity index (χ4v) is 1.57. The molecule has 4 heteroatoms. The second-order valence-electron chi connectivity index (χ2n) is 3.80. The Kier molecular flexibility index (Phi) is 3.32. The first-order valence-corrected chi connectivity index (χ1v) is 5.45. The highest BCUT2D eigenvalue weighted by Gasteiger charge is 2.06. The van der Waals surface area contributed by atoms with Crippen molar-refractivity contribution in [3.8, 4) is 11.5 Å². The van der Waals surface area contributed by atoms with Gasteiger partial charge in [-0.1, -0.05) is 12.1 Å². The van der Waals surface area contributed by atoms with Gasteiger partial charge in [-0.05, 0) is 19.1 Å². The maximum Gasteiger partial charge on any atom is 0.161 e. The van der Waals surface area contributed by atoms with Gasteiger partial charge in [0.1, 0.15) is 12.4 Å². The van der Waals surface area contributed by atoms with E-state index in [1.165, 1.54) is 0 Å². The van der Waals surface area contributed by atoms with Gasteiger partial charge < -0.3 is 14.0 Å². The van der Waals surface area contributed by atoms with Crippen LogP contribution in [-0.2, 0) is 13.7 Å². The molecule has 0 radical (unpaired) electrons. The quantitative estimate of drug-likeness (QED) is 0.811. The molecule has 1 heterocycles. The molecule has 0 saturated heterocycles. The van der Waals surface area contributed by atoms with E-state index < -0.39 is 0 Å². The molecular formula is C13H16N2O2. The Balaban J connectivity index is 2.10. The Morgan fingerprint density at radius 3 is 2.53 bits per heavy atom. The van der Waals surface area contributed by atoms with Gasteiger partial charge in [0.15, 0.2) is 11.5 Å². The van der Waals surface area contributed by atoms with E-state index in [0.29, 0.717) is 6.61 Å². The molecule has 17 heavy (non-hydrogen) atoms. The zero-order chi connectivity index (χ0) is 12.3. The fraction of sp³-hybridized carbons (Fsp3) is 0.308. The standard InChI is InChI=1S/C13H16N2O2/c1-10-14-8-11(15(10)2)9-17-13-7-5-4-6-12(13)16-3/h4-8H,9H2,1-3H3. The Hall–Kier alpha value is -1.97. The first kappa shape index (κ1) is 11.5. The SMILES string of the molecule is COc1ccccc1OCc1cnc(C)n1C. The number of hydrogen-bond acceptors (Lipinski definition) is 3. The van der Waals surface area contributed by atoms with Crippen LogP contribution in [0.4, 0.5) is 0 Å². The van der Waals surface area contributed by atoms with Crippen LogP contribution in [-0.4, -0.2) is 16.7 Å². The molecule has 0 atom stereocenters. The molecule has 1 aromatic carbocycles. The summed E-state index contributed by atoms with van der Waals surface area (Å²) in [6.07, 6.45) is 1.82. The van der Waals surface area contributed by atoms with Crippen molar-refractivity contribution in [1.82, 2.24) is 9.55 Å². The van der Waals surface area contributed by atoms with Crippen molar-refractivity contribution in [2.45, 2.75) is 13.5 Å². The Morgan fingerprint density at radius 2 is 1.94 bits per heavy atom. The minimum absolute atomic E-state index is 0.484. The predicted octanol–water partition coefficient (Wildman–Crippen LogP) is 2.32. The van der Waals surface area contributed by atoms with Crippen LogP contribution in [0.1, 0.15) is 11.5 Å². The summed E-state index contributed by atoms with van der Waals surface area (Å²) in [6, 6.07) is 7.61. The highest BCUT2D eigenvalue weighted by molar-refractivity contribution is 5.39. The van der Waals surface area contributed by atoms with Crippen LogP contribution in [0.25, 0.3) is 0 Å². The molecule has 1 aromatic heterocycles. The van der Waals surface area contributed by atoms with Crippen molar-refractivity contribution in [3.63, 3.8) is 0 Å². The number of imidazole rings is 1. The Labute approximate surface area is 101 Å². The lowest BCUT2D eigenvalue weighted by atomic mass is 10.3. The molecule has 2 aromatic rings. The van der Waals surface area contributed by atoms with Crippen molar-refractivity contribution in [1.29, 1.82) is 0 Å². The number of aromatic nitrogens is 2. The van der Waals surface area contributed by atoms with Gasteiger partial charge in [-0.3, -0.25) is 0 Å². The number of aryl methyl sites for hydroxylation is 1. The van der Waals surface area contributed by atoms with Crippen molar-refractivity contribution in [2.24, 2.45) is 7.05 Å². The molecule has 0 aliphatic rings. The van der Waals surface area contributed by atoms with Gasteiger partial charge in [0.25, 0.3) is 0 Å². The van der Waals surface area contributed by atoms with E-state index in [9.17, 15) is 0 Å².